The van der Waals surface area contributed by atoms with Crippen molar-refractivity contribution in [3.05, 3.63) is 18.2 Å². The van der Waals surface area contributed by atoms with Crippen LogP contribution in [-0.2, 0) is 25.6 Å². The molecular formula is C19H27N7O5. The number of primary amides is 1. The Hall–Kier alpha value is -3.44. The lowest BCUT2D eigenvalue weighted by Gasteiger charge is -2.32. The van der Waals surface area contributed by atoms with E-state index in [0.717, 1.165) is 4.90 Å². The van der Waals surface area contributed by atoms with Gasteiger partial charge in [-0.15, -0.1) is 0 Å². The number of rotatable bonds is 8. The standard InChI is InChI=1S/C19H27N7O5/c1-2-5-26-15(27)8-12(24-19(26)31)17(29)23-13(7-11-9-21-10-22-11)18(30)25-6-3-4-14(25)16(20)28/h9-10,12-14H,2-8H2,1H3,(H2,20,28)(H,21,22)(H,23,29)(H,24,31)/t12-,13+,14+/m0/s1. The van der Waals surface area contributed by atoms with Crippen molar-refractivity contribution in [1.29, 1.82) is 0 Å². The number of hydrogen-bond donors (Lipinski definition) is 4. The minimum Gasteiger partial charge on any atom is -0.368 e. The Morgan fingerprint density at radius 2 is 2.13 bits per heavy atom. The zero-order chi connectivity index (χ0) is 22.5. The number of nitrogens with one attached hydrogen (secondary N) is 3. The molecule has 0 spiro atoms. The summed E-state index contributed by atoms with van der Waals surface area (Å²) < 4.78 is 0. The van der Waals surface area contributed by atoms with Gasteiger partial charge in [0.25, 0.3) is 0 Å². The molecule has 1 aromatic rings. The van der Waals surface area contributed by atoms with Gasteiger partial charge in [0.15, 0.2) is 0 Å². The van der Waals surface area contributed by atoms with Crippen molar-refractivity contribution in [3.8, 4) is 0 Å². The maximum atomic E-state index is 13.2. The molecule has 2 fully saturated rings. The summed E-state index contributed by atoms with van der Waals surface area (Å²) in [5, 5.41) is 5.15. The molecule has 6 amide bonds. The summed E-state index contributed by atoms with van der Waals surface area (Å²) in [6.45, 7) is 2.46. The molecule has 1 aromatic heterocycles. The lowest BCUT2D eigenvalue weighted by Crippen LogP contribution is -2.62. The van der Waals surface area contributed by atoms with E-state index in [-0.39, 0.29) is 19.4 Å². The van der Waals surface area contributed by atoms with Crippen molar-refractivity contribution in [2.24, 2.45) is 5.73 Å². The van der Waals surface area contributed by atoms with Crippen LogP contribution in [0.15, 0.2) is 12.5 Å². The normalized spacial score (nSPS) is 22.2. The number of H-pyrrole nitrogens is 1. The second-order valence-electron chi connectivity index (χ2n) is 7.69. The smallest absolute Gasteiger partial charge is 0.324 e. The number of hydrogen-bond acceptors (Lipinski definition) is 6. The number of nitrogens with zero attached hydrogens (tertiary/aromatic N) is 3. The van der Waals surface area contributed by atoms with Gasteiger partial charge in [-0.3, -0.25) is 24.1 Å². The molecule has 0 bridgehead atoms. The maximum absolute atomic E-state index is 13.2. The third kappa shape index (κ3) is 5.01. The zero-order valence-corrected chi connectivity index (χ0v) is 17.3. The summed E-state index contributed by atoms with van der Waals surface area (Å²) in [4.78, 5) is 71.4. The van der Waals surface area contributed by atoms with Gasteiger partial charge in [-0.2, -0.15) is 0 Å². The highest BCUT2D eigenvalue weighted by Crippen LogP contribution is 2.19. The molecule has 2 saturated heterocycles. The first-order valence-corrected chi connectivity index (χ1v) is 10.3. The van der Waals surface area contributed by atoms with Crippen LogP contribution in [0.3, 0.4) is 0 Å². The summed E-state index contributed by atoms with van der Waals surface area (Å²) >= 11 is 0. The molecule has 0 radical (unpaired) electrons. The molecular weight excluding hydrogens is 406 g/mol. The van der Waals surface area contributed by atoms with Crippen LogP contribution in [0.2, 0.25) is 0 Å². The van der Waals surface area contributed by atoms with Crippen molar-refractivity contribution in [3.63, 3.8) is 0 Å². The second-order valence-corrected chi connectivity index (χ2v) is 7.69. The fourth-order valence-corrected chi connectivity index (χ4v) is 3.90. The van der Waals surface area contributed by atoms with Crippen LogP contribution in [0.5, 0.6) is 0 Å². The Balaban J connectivity index is 1.73. The molecule has 12 heteroatoms. The SMILES string of the molecule is CCCN1C(=O)C[C@@H](C(=O)N[C@H](Cc2cnc[nH]2)C(=O)N2CCC[C@@H]2C(N)=O)NC1=O. The Morgan fingerprint density at radius 1 is 1.35 bits per heavy atom. The topological polar surface area (TPSA) is 171 Å². The number of urea groups is 1. The van der Waals surface area contributed by atoms with Gasteiger partial charge in [-0.25, -0.2) is 9.78 Å². The fraction of sp³-hybridized carbons (Fsp3) is 0.579. The second kappa shape index (κ2) is 9.58. The monoisotopic (exact) mass is 433 g/mol. The lowest BCUT2D eigenvalue weighted by atomic mass is 10.1. The number of carbonyl (C=O) groups is 5. The minimum absolute atomic E-state index is 0.100. The van der Waals surface area contributed by atoms with Crippen LogP contribution in [0.1, 0.15) is 38.3 Å². The Morgan fingerprint density at radius 3 is 2.74 bits per heavy atom. The molecule has 3 rings (SSSR count). The van der Waals surface area contributed by atoms with Gasteiger partial charge in [-0.1, -0.05) is 6.92 Å². The Kier molecular flexibility index (Phi) is 6.88. The maximum Gasteiger partial charge on any atom is 0.324 e. The summed E-state index contributed by atoms with van der Waals surface area (Å²) in [5.74, 6) is -2.15. The third-order valence-corrected chi connectivity index (χ3v) is 5.44. The van der Waals surface area contributed by atoms with E-state index in [1.54, 1.807) is 0 Å². The van der Waals surface area contributed by atoms with E-state index in [0.29, 0.717) is 31.5 Å². The highest BCUT2D eigenvalue weighted by Gasteiger charge is 2.39. The van der Waals surface area contributed by atoms with E-state index in [9.17, 15) is 24.0 Å². The molecule has 3 atom stereocenters. The molecule has 3 heterocycles. The predicted octanol–water partition coefficient (Wildman–Crippen LogP) is -1.37. The number of imidazole rings is 1. The van der Waals surface area contributed by atoms with E-state index >= 15 is 0 Å². The lowest BCUT2D eigenvalue weighted by molar-refractivity contribution is -0.141. The van der Waals surface area contributed by atoms with Crippen molar-refractivity contribution in [2.75, 3.05) is 13.1 Å². The number of imide groups is 1. The summed E-state index contributed by atoms with van der Waals surface area (Å²) in [5.41, 5.74) is 6.03. The van der Waals surface area contributed by atoms with Gasteiger partial charge in [0, 0.05) is 31.4 Å². The summed E-state index contributed by atoms with van der Waals surface area (Å²) in [6, 6.07) is -3.47. The first-order chi connectivity index (χ1) is 14.8. The van der Waals surface area contributed by atoms with Crippen LogP contribution < -0.4 is 16.4 Å². The molecule has 0 aromatic carbocycles. The van der Waals surface area contributed by atoms with Crippen LogP contribution in [0, 0.1) is 0 Å². The first kappa shape index (κ1) is 22.2. The molecule has 12 nitrogen and oxygen atoms in total. The highest BCUT2D eigenvalue weighted by atomic mass is 16.2. The number of aromatic amines is 1. The minimum atomic E-state index is -1.09. The van der Waals surface area contributed by atoms with Crippen LogP contribution in [0.25, 0.3) is 0 Å². The van der Waals surface area contributed by atoms with Gasteiger partial charge < -0.3 is 26.3 Å². The number of nitrogens with two attached hydrogens (primary N) is 1. The predicted molar refractivity (Wildman–Crippen MR) is 107 cm³/mol. The molecule has 0 aliphatic carbocycles. The van der Waals surface area contributed by atoms with Crippen molar-refractivity contribution in [2.45, 2.75) is 57.2 Å². The summed E-state index contributed by atoms with van der Waals surface area (Å²) in [6.07, 6.45) is 4.57. The number of likely N-dealkylation sites (tertiary alicyclic amines) is 1. The van der Waals surface area contributed by atoms with Crippen molar-refractivity contribution < 1.29 is 24.0 Å². The van der Waals surface area contributed by atoms with Crippen LogP contribution >= 0.6 is 0 Å². The van der Waals surface area contributed by atoms with Gasteiger partial charge >= 0.3 is 6.03 Å². The Bertz CT molecular complexity index is 838. The molecule has 5 N–H and O–H groups in total. The van der Waals surface area contributed by atoms with Gasteiger partial charge in [-0.05, 0) is 19.3 Å². The average molecular weight is 433 g/mol. The van der Waals surface area contributed by atoms with E-state index in [1.165, 1.54) is 17.4 Å². The summed E-state index contributed by atoms with van der Waals surface area (Å²) in [7, 11) is 0. The molecule has 2 aliphatic heterocycles. The van der Waals surface area contributed by atoms with Gasteiger partial charge in [0.2, 0.25) is 23.6 Å². The molecule has 168 valence electrons. The highest BCUT2D eigenvalue weighted by molar-refractivity contribution is 6.03. The van der Waals surface area contributed by atoms with Crippen LogP contribution in [-0.4, -0.2) is 80.6 Å². The number of aromatic nitrogens is 2. The van der Waals surface area contributed by atoms with E-state index < -0.39 is 47.8 Å². The number of carbonyl (C=O) groups excluding carboxylic acids is 5. The van der Waals surface area contributed by atoms with Crippen LogP contribution in [0.4, 0.5) is 4.79 Å². The quantitative estimate of drug-likeness (QED) is 0.394. The largest absolute Gasteiger partial charge is 0.368 e. The molecule has 2 aliphatic rings. The van der Waals surface area contributed by atoms with Crippen molar-refractivity contribution in [1.82, 2.24) is 30.4 Å². The average Bonchev–Trinajstić information content (AvgIpc) is 3.41. The van der Waals surface area contributed by atoms with Gasteiger partial charge in [0.1, 0.15) is 18.1 Å². The third-order valence-electron chi connectivity index (χ3n) is 5.44. The fourth-order valence-electron chi connectivity index (χ4n) is 3.90. The first-order valence-electron chi connectivity index (χ1n) is 10.3. The van der Waals surface area contributed by atoms with E-state index in [2.05, 4.69) is 20.6 Å². The van der Waals surface area contributed by atoms with Crippen molar-refractivity contribution >= 4 is 29.7 Å². The molecule has 0 saturated carbocycles. The Labute approximate surface area is 178 Å². The zero-order valence-electron chi connectivity index (χ0n) is 17.3. The van der Waals surface area contributed by atoms with Gasteiger partial charge in [0.05, 0.1) is 12.7 Å². The molecule has 0 unspecified atom stereocenters. The van der Waals surface area contributed by atoms with E-state index in [1.807, 2.05) is 6.92 Å². The van der Waals surface area contributed by atoms with E-state index in [4.69, 9.17) is 5.73 Å². The molecule has 31 heavy (non-hydrogen) atoms. The number of amides is 6.